The Kier molecular flexibility index (Phi) is 6.37. The minimum absolute atomic E-state index is 0.00150. The minimum atomic E-state index is -3.76. The van der Waals surface area contributed by atoms with Crippen LogP contribution in [0.2, 0.25) is 0 Å². The number of carbonyl (C=O) groups is 1. The number of nitrogens with two attached hydrogens (primary N) is 1. The van der Waals surface area contributed by atoms with Crippen LogP contribution in [0.1, 0.15) is 18.4 Å². The van der Waals surface area contributed by atoms with E-state index in [4.69, 9.17) is 5.14 Å². The number of carbonyl (C=O) groups excluding carboxylic acids is 1. The molecule has 0 spiro atoms. The standard InChI is InChI=1S/C19H23N3O5S2/c20-28(24,25)17-10-8-15(9-11-17)13-21-19(23)16-5-4-12-22(14-16)29(26,27)18-6-2-1-3-7-18/h1-3,6-11,16H,4-5,12-14H2,(H,21,23)(H2,20,24,25). The van der Waals surface area contributed by atoms with Crippen molar-refractivity contribution in [2.75, 3.05) is 13.1 Å². The molecule has 1 amide bonds. The molecule has 156 valence electrons. The van der Waals surface area contributed by atoms with E-state index in [-0.39, 0.29) is 28.8 Å². The van der Waals surface area contributed by atoms with E-state index in [0.717, 1.165) is 5.56 Å². The molecule has 1 aliphatic rings. The van der Waals surface area contributed by atoms with Crippen LogP contribution in [0.15, 0.2) is 64.4 Å². The molecule has 1 unspecified atom stereocenters. The summed E-state index contributed by atoms with van der Waals surface area (Å²) in [5.41, 5.74) is 0.718. The number of primary sulfonamides is 1. The van der Waals surface area contributed by atoms with Crippen LogP contribution in [-0.2, 0) is 31.4 Å². The van der Waals surface area contributed by atoms with E-state index in [2.05, 4.69) is 5.32 Å². The predicted octanol–water partition coefficient (Wildman–Crippen LogP) is 1.05. The summed E-state index contributed by atoms with van der Waals surface area (Å²) in [7, 11) is -7.39. The van der Waals surface area contributed by atoms with E-state index >= 15 is 0 Å². The quantitative estimate of drug-likeness (QED) is 0.698. The van der Waals surface area contributed by atoms with Gasteiger partial charge >= 0.3 is 0 Å². The molecule has 1 fully saturated rings. The van der Waals surface area contributed by atoms with Gasteiger partial charge in [-0.3, -0.25) is 4.79 Å². The zero-order valence-corrected chi connectivity index (χ0v) is 17.3. The zero-order chi connectivity index (χ0) is 21.1. The first-order valence-corrected chi connectivity index (χ1v) is 12.1. The summed E-state index contributed by atoms with van der Waals surface area (Å²) in [5, 5.41) is 7.86. The van der Waals surface area contributed by atoms with Crippen molar-refractivity contribution in [3.8, 4) is 0 Å². The highest BCUT2D eigenvalue weighted by Crippen LogP contribution is 2.24. The van der Waals surface area contributed by atoms with Crippen molar-refractivity contribution < 1.29 is 21.6 Å². The molecule has 2 aromatic carbocycles. The van der Waals surface area contributed by atoms with E-state index in [1.165, 1.54) is 16.4 Å². The maximum atomic E-state index is 12.8. The first-order valence-electron chi connectivity index (χ1n) is 9.12. The number of nitrogens with one attached hydrogen (secondary N) is 1. The van der Waals surface area contributed by atoms with Crippen molar-refractivity contribution in [3.63, 3.8) is 0 Å². The first kappa shape index (κ1) is 21.4. The third-order valence-electron chi connectivity index (χ3n) is 4.85. The number of piperidine rings is 1. The van der Waals surface area contributed by atoms with Crippen LogP contribution in [0.4, 0.5) is 0 Å². The lowest BCUT2D eigenvalue weighted by Crippen LogP contribution is -2.45. The first-order chi connectivity index (χ1) is 13.7. The van der Waals surface area contributed by atoms with Gasteiger partial charge in [-0.15, -0.1) is 0 Å². The van der Waals surface area contributed by atoms with Crippen LogP contribution in [0, 0.1) is 5.92 Å². The lowest BCUT2D eigenvalue weighted by atomic mass is 9.99. The second kappa shape index (κ2) is 8.62. The number of hydrogen-bond acceptors (Lipinski definition) is 5. The lowest BCUT2D eigenvalue weighted by Gasteiger charge is -2.31. The number of hydrogen-bond donors (Lipinski definition) is 2. The van der Waals surface area contributed by atoms with Gasteiger partial charge in [-0.1, -0.05) is 30.3 Å². The van der Waals surface area contributed by atoms with Crippen LogP contribution in [-0.4, -0.2) is 40.1 Å². The van der Waals surface area contributed by atoms with Gasteiger partial charge in [0.15, 0.2) is 0 Å². The third kappa shape index (κ3) is 5.21. The van der Waals surface area contributed by atoms with Crippen molar-refractivity contribution >= 4 is 26.0 Å². The SMILES string of the molecule is NS(=O)(=O)c1ccc(CNC(=O)C2CCCN(S(=O)(=O)c3ccccc3)C2)cc1. The summed E-state index contributed by atoms with van der Waals surface area (Å²) < 4.78 is 49.5. The third-order valence-corrected chi connectivity index (χ3v) is 7.66. The van der Waals surface area contributed by atoms with Gasteiger partial charge in [0, 0.05) is 19.6 Å². The molecule has 2 aromatic rings. The van der Waals surface area contributed by atoms with E-state index in [1.54, 1.807) is 42.5 Å². The van der Waals surface area contributed by atoms with Crippen molar-refractivity contribution in [1.29, 1.82) is 0 Å². The fourth-order valence-electron chi connectivity index (χ4n) is 3.25. The number of amides is 1. The smallest absolute Gasteiger partial charge is 0.243 e. The molecule has 1 saturated heterocycles. The fourth-order valence-corrected chi connectivity index (χ4v) is 5.31. The molecule has 1 atom stereocenters. The summed E-state index contributed by atoms with van der Waals surface area (Å²) in [6.07, 6.45) is 1.21. The van der Waals surface area contributed by atoms with E-state index in [1.807, 2.05) is 0 Å². The molecule has 0 aromatic heterocycles. The maximum Gasteiger partial charge on any atom is 0.243 e. The normalized spacial score (nSPS) is 18.3. The Labute approximate surface area is 170 Å². The number of sulfonamides is 2. The van der Waals surface area contributed by atoms with Crippen molar-refractivity contribution in [2.24, 2.45) is 11.1 Å². The fraction of sp³-hybridized carbons (Fsp3) is 0.316. The molecular weight excluding hydrogens is 414 g/mol. The van der Waals surface area contributed by atoms with Gasteiger partial charge < -0.3 is 5.32 Å². The minimum Gasteiger partial charge on any atom is -0.352 e. The second-order valence-electron chi connectivity index (χ2n) is 6.92. The molecule has 0 bridgehead atoms. The van der Waals surface area contributed by atoms with Gasteiger partial charge in [0.2, 0.25) is 26.0 Å². The molecule has 1 aliphatic heterocycles. The van der Waals surface area contributed by atoms with Gasteiger partial charge in [0.05, 0.1) is 15.7 Å². The Hall–Kier alpha value is -2.27. The second-order valence-corrected chi connectivity index (χ2v) is 10.4. The van der Waals surface area contributed by atoms with Gasteiger partial charge in [-0.2, -0.15) is 4.31 Å². The van der Waals surface area contributed by atoms with E-state index in [9.17, 15) is 21.6 Å². The molecule has 3 N–H and O–H groups in total. The highest BCUT2D eigenvalue weighted by atomic mass is 32.2. The summed E-state index contributed by atoms with van der Waals surface area (Å²) in [5.74, 6) is -0.667. The summed E-state index contributed by atoms with van der Waals surface area (Å²) in [6, 6.07) is 14.1. The molecule has 3 rings (SSSR count). The van der Waals surface area contributed by atoms with Crippen LogP contribution < -0.4 is 10.5 Å². The van der Waals surface area contributed by atoms with E-state index < -0.39 is 26.0 Å². The summed E-state index contributed by atoms with van der Waals surface area (Å²) >= 11 is 0. The Balaban J connectivity index is 1.61. The van der Waals surface area contributed by atoms with Crippen LogP contribution in [0.25, 0.3) is 0 Å². The van der Waals surface area contributed by atoms with Crippen molar-refractivity contribution in [2.45, 2.75) is 29.2 Å². The number of rotatable bonds is 6. The number of benzene rings is 2. The summed E-state index contributed by atoms with van der Waals surface area (Å²) in [6.45, 7) is 0.731. The Morgan fingerprint density at radius 3 is 2.28 bits per heavy atom. The summed E-state index contributed by atoms with van der Waals surface area (Å²) in [4.78, 5) is 12.8. The molecule has 10 heteroatoms. The van der Waals surface area contributed by atoms with Crippen LogP contribution in [0.5, 0.6) is 0 Å². The predicted molar refractivity (Wildman–Crippen MR) is 108 cm³/mol. The molecule has 29 heavy (non-hydrogen) atoms. The molecule has 0 radical (unpaired) electrons. The van der Waals surface area contributed by atoms with Gasteiger partial charge in [-0.05, 0) is 42.7 Å². The number of nitrogens with zero attached hydrogens (tertiary/aromatic N) is 1. The zero-order valence-electron chi connectivity index (χ0n) is 15.7. The van der Waals surface area contributed by atoms with E-state index in [0.29, 0.717) is 19.4 Å². The maximum absolute atomic E-state index is 12.8. The molecule has 0 aliphatic carbocycles. The Morgan fingerprint density at radius 1 is 1.00 bits per heavy atom. The molecule has 1 heterocycles. The largest absolute Gasteiger partial charge is 0.352 e. The Morgan fingerprint density at radius 2 is 1.66 bits per heavy atom. The Bertz CT molecular complexity index is 1070. The average Bonchev–Trinajstić information content (AvgIpc) is 2.72. The highest BCUT2D eigenvalue weighted by molar-refractivity contribution is 7.89. The van der Waals surface area contributed by atoms with Crippen LogP contribution >= 0.6 is 0 Å². The lowest BCUT2D eigenvalue weighted by molar-refractivity contribution is -0.126. The van der Waals surface area contributed by atoms with Crippen molar-refractivity contribution in [3.05, 3.63) is 60.2 Å². The van der Waals surface area contributed by atoms with Gasteiger partial charge in [-0.25, -0.2) is 22.0 Å². The monoisotopic (exact) mass is 437 g/mol. The van der Waals surface area contributed by atoms with Gasteiger partial charge in [0.1, 0.15) is 0 Å². The molecule has 0 saturated carbocycles. The van der Waals surface area contributed by atoms with Crippen molar-refractivity contribution in [1.82, 2.24) is 9.62 Å². The van der Waals surface area contributed by atoms with Crippen LogP contribution in [0.3, 0.4) is 0 Å². The molecule has 8 nitrogen and oxygen atoms in total. The average molecular weight is 438 g/mol. The molecular formula is C19H23N3O5S2. The topological polar surface area (TPSA) is 127 Å². The van der Waals surface area contributed by atoms with Gasteiger partial charge in [0.25, 0.3) is 0 Å². The highest BCUT2D eigenvalue weighted by Gasteiger charge is 2.33.